The minimum atomic E-state index is -3.86. The van der Waals surface area contributed by atoms with Gasteiger partial charge in [0.1, 0.15) is 9.77 Å². The summed E-state index contributed by atoms with van der Waals surface area (Å²) in [4.78, 5) is 13.8. The molecule has 1 N–H and O–H groups in total. The molecule has 9 heteroatoms. The van der Waals surface area contributed by atoms with E-state index in [1.807, 2.05) is 61.1 Å². The minimum absolute atomic E-state index is 0.0558. The lowest BCUT2D eigenvalue weighted by atomic mass is 10.1. The van der Waals surface area contributed by atoms with E-state index in [-0.39, 0.29) is 22.4 Å². The third kappa shape index (κ3) is 3.83. The molecule has 0 bridgehead atoms. The number of likely N-dealkylation sites (N-methyl/N-ethyl adjacent to an activating group) is 1. The van der Waals surface area contributed by atoms with E-state index < -0.39 is 16.0 Å². The first-order chi connectivity index (χ1) is 13.3. The van der Waals surface area contributed by atoms with Gasteiger partial charge in [-0.05, 0) is 37.2 Å². The zero-order chi connectivity index (χ0) is 20.5. The maximum atomic E-state index is 12.8. The minimum Gasteiger partial charge on any atom is -0.465 e. The summed E-state index contributed by atoms with van der Waals surface area (Å²) < 4.78 is 35.0. The first-order valence-corrected chi connectivity index (χ1v) is 11.0. The molecule has 1 aromatic carbocycles. The smallest absolute Gasteiger partial charge is 0.349 e. The Labute approximate surface area is 168 Å². The number of methoxy groups -OCH3 is 1. The third-order valence-electron chi connectivity index (χ3n) is 4.67. The number of carbonyl (C=O) groups excluding carboxylic acids is 1. The number of rotatable bonds is 7. The highest BCUT2D eigenvalue weighted by Crippen LogP contribution is 2.29. The van der Waals surface area contributed by atoms with Crippen molar-refractivity contribution in [1.82, 2.24) is 14.2 Å². The van der Waals surface area contributed by atoms with Crippen molar-refractivity contribution in [2.75, 3.05) is 27.7 Å². The van der Waals surface area contributed by atoms with Crippen molar-refractivity contribution in [1.29, 1.82) is 0 Å². The van der Waals surface area contributed by atoms with Crippen molar-refractivity contribution in [3.63, 3.8) is 0 Å². The topological polar surface area (TPSA) is 80.6 Å². The normalized spacial score (nSPS) is 13.2. The number of carbonyl (C=O) groups is 1. The molecule has 150 valence electrons. The number of para-hydroxylation sites is 1. The molecule has 0 amide bonds. The van der Waals surface area contributed by atoms with Crippen molar-refractivity contribution in [3.05, 3.63) is 52.3 Å². The van der Waals surface area contributed by atoms with Crippen LogP contribution in [-0.4, -0.2) is 51.6 Å². The van der Waals surface area contributed by atoms with Crippen LogP contribution < -0.4 is 4.72 Å². The Balaban J connectivity index is 1.90. The standard InChI is InChI=1S/C19H23N3O4S2/c1-21(2)16(14-12-22(3)15-8-6-5-7-13(14)15)11-20-28(24,25)17-9-10-27-18(17)19(23)26-4/h5-10,12,16,20H,11H2,1-4H3/t16-/m1/s1. The van der Waals surface area contributed by atoms with Gasteiger partial charge in [0.25, 0.3) is 0 Å². The van der Waals surface area contributed by atoms with Crippen LogP contribution in [0.3, 0.4) is 0 Å². The number of esters is 1. The van der Waals surface area contributed by atoms with E-state index in [4.69, 9.17) is 0 Å². The van der Waals surface area contributed by atoms with Crippen molar-refractivity contribution < 1.29 is 17.9 Å². The van der Waals surface area contributed by atoms with Gasteiger partial charge in [0.15, 0.2) is 0 Å². The summed E-state index contributed by atoms with van der Waals surface area (Å²) in [7, 11) is 3.16. The fraction of sp³-hybridized carbons (Fsp3) is 0.316. The molecule has 7 nitrogen and oxygen atoms in total. The molecule has 0 aliphatic heterocycles. The number of nitrogens with one attached hydrogen (secondary N) is 1. The van der Waals surface area contributed by atoms with Gasteiger partial charge in [-0.1, -0.05) is 18.2 Å². The second kappa shape index (κ2) is 8.04. The number of aryl methyl sites for hydroxylation is 1. The summed E-state index contributed by atoms with van der Waals surface area (Å²) in [5, 5.41) is 2.64. The van der Waals surface area contributed by atoms with E-state index in [9.17, 15) is 13.2 Å². The van der Waals surface area contributed by atoms with Gasteiger partial charge in [-0.3, -0.25) is 0 Å². The van der Waals surface area contributed by atoms with E-state index in [0.29, 0.717) is 0 Å². The second-order valence-electron chi connectivity index (χ2n) is 6.65. The fourth-order valence-electron chi connectivity index (χ4n) is 3.23. The Bertz CT molecular complexity index is 1100. The molecule has 2 aromatic heterocycles. The molecule has 0 unspecified atom stereocenters. The van der Waals surface area contributed by atoms with Gasteiger partial charge in [-0.2, -0.15) is 0 Å². The molecule has 28 heavy (non-hydrogen) atoms. The summed E-state index contributed by atoms with van der Waals surface area (Å²) in [5.41, 5.74) is 2.11. The molecule has 2 heterocycles. The van der Waals surface area contributed by atoms with Crippen molar-refractivity contribution in [2.45, 2.75) is 10.9 Å². The lowest BCUT2D eigenvalue weighted by Crippen LogP contribution is -2.34. The van der Waals surface area contributed by atoms with Crippen molar-refractivity contribution in [2.24, 2.45) is 7.05 Å². The van der Waals surface area contributed by atoms with E-state index in [1.54, 1.807) is 5.38 Å². The Kier molecular flexibility index (Phi) is 5.90. The van der Waals surface area contributed by atoms with Gasteiger partial charge in [0.05, 0.1) is 7.11 Å². The van der Waals surface area contributed by atoms with E-state index in [2.05, 4.69) is 9.46 Å². The van der Waals surface area contributed by atoms with E-state index in [1.165, 1.54) is 13.2 Å². The number of nitrogens with zero attached hydrogens (tertiary/aromatic N) is 2. The van der Waals surface area contributed by atoms with Gasteiger partial charge in [-0.15, -0.1) is 11.3 Å². The summed E-state index contributed by atoms with van der Waals surface area (Å²) >= 11 is 1.04. The maximum Gasteiger partial charge on any atom is 0.349 e. The summed E-state index contributed by atoms with van der Waals surface area (Å²) in [6.07, 6.45) is 2.02. The average molecular weight is 422 g/mol. The lowest BCUT2D eigenvalue weighted by molar-refractivity contribution is 0.0602. The highest BCUT2D eigenvalue weighted by atomic mass is 32.2. The number of aromatic nitrogens is 1. The van der Waals surface area contributed by atoms with Crippen LogP contribution in [0.25, 0.3) is 10.9 Å². The number of fused-ring (bicyclic) bond motifs is 1. The van der Waals surface area contributed by atoms with Gasteiger partial charge in [0, 0.05) is 36.7 Å². The molecule has 0 aliphatic rings. The first-order valence-electron chi connectivity index (χ1n) is 8.62. The number of hydrogen-bond acceptors (Lipinski definition) is 6. The number of sulfonamides is 1. The molecule has 0 saturated carbocycles. The summed E-state index contributed by atoms with van der Waals surface area (Å²) in [6, 6.07) is 9.25. The Morgan fingerprint density at radius 3 is 2.68 bits per heavy atom. The maximum absolute atomic E-state index is 12.8. The largest absolute Gasteiger partial charge is 0.465 e. The zero-order valence-corrected chi connectivity index (χ0v) is 17.8. The molecule has 1 atom stereocenters. The van der Waals surface area contributed by atoms with Crippen LogP contribution in [0.2, 0.25) is 0 Å². The van der Waals surface area contributed by atoms with E-state index in [0.717, 1.165) is 27.8 Å². The van der Waals surface area contributed by atoms with E-state index >= 15 is 0 Å². The van der Waals surface area contributed by atoms with Crippen LogP contribution in [0.1, 0.15) is 21.3 Å². The zero-order valence-electron chi connectivity index (χ0n) is 16.2. The fourth-order valence-corrected chi connectivity index (χ4v) is 5.60. The number of benzene rings is 1. The molecule has 3 rings (SSSR count). The molecule has 0 radical (unpaired) electrons. The highest BCUT2D eigenvalue weighted by molar-refractivity contribution is 7.89. The number of thiophene rings is 1. The predicted molar refractivity (Wildman–Crippen MR) is 110 cm³/mol. The Morgan fingerprint density at radius 1 is 1.29 bits per heavy atom. The van der Waals surface area contributed by atoms with Crippen LogP contribution in [0.5, 0.6) is 0 Å². The molecular weight excluding hydrogens is 398 g/mol. The van der Waals surface area contributed by atoms with Gasteiger partial charge in [0.2, 0.25) is 10.0 Å². The Morgan fingerprint density at radius 2 is 2.00 bits per heavy atom. The van der Waals surface area contributed by atoms with Crippen LogP contribution in [-0.2, 0) is 21.8 Å². The van der Waals surface area contributed by atoms with Gasteiger partial charge >= 0.3 is 5.97 Å². The summed E-state index contributed by atoms with van der Waals surface area (Å²) in [6.45, 7) is 0.166. The summed E-state index contributed by atoms with van der Waals surface area (Å²) in [5.74, 6) is -0.659. The van der Waals surface area contributed by atoms with Crippen molar-refractivity contribution in [3.8, 4) is 0 Å². The lowest BCUT2D eigenvalue weighted by Gasteiger charge is -2.24. The predicted octanol–water partition coefficient (Wildman–Crippen LogP) is 2.61. The number of hydrogen-bond donors (Lipinski definition) is 1. The van der Waals surface area contributed by atoms with Crippen molar-refractivity contribution >= 4 is 38.2 Å². The number of ether oxygens (including phenoxy) is 1. The van der Waals surface area contributed by atoms with Gasteiger partial charge < -0.3 is 14.2 Å². The molecule has 0 aliphatic carbocycles. The molecule has 0 spiro atoms. The average Bonchev–Trinajstić information content (AvgIpc) is 3.28. The first kappa shape index (κ1) is 20.5. The van der Waals surface area contributed by atoms with Crippen LogP contribution in [0, 0.1) is 0 Å². The monoisotopic (exact) mass is 421 g/mol. The third-order valence-corrected chi connectivity index (χ3v) is 7.16. The quantitative estimate of drug-likeness (QED) is 0.593. The van der Waals surface area contributed by atoms with Crippen LogP contribution in [0.15, 0.2) is 46.8 Å². The Hall–Kier alpha value is -2.20. The van der Waals surface area contributed by atoms with Crippen LogP contribution in [0.4, 0.5) is 0 Å². The SMILES string of the molecule is COC(=O)c1sccc1S(=O)(=O)NC[C@H](c1cn(C)c2ccccc12)N(C)C. The molecule has 0 fully saturated rings. The highest BCUT2D eigenvalue weighted by Gasteiger charge is 2.27. The second-order valence-corrected chi connectivity index (χ2v) is 9.30. The molecular formula is C19H23N3O4S2. The van der Waals surface area contributed by atoms with Crippen LogP contribution >= 0.6 is 11.3 Å². The van der Waals surface area contributed by atoms with Gasteiger partial charge in [-0.25, -0.2) is 17.9 Å². The molecule has 3 aromatic rings. The molecule has 0 saturated heterocycles.